The van der Waals surface area contributed by atoms with Crippen molar-refractivity contribution in [3.63, 3.8) is 0 Å². The molecular weight excluding hydrogens is 244 g/mol. The molecule has 0 spiro atoms. The summed E-state index contributed by atoms with van der Waals surface area (Å²) in [5.41, 5.74) is 0. The molecule has 0 saturated heterocycles. The van der Waals surface area contributed by atoms with Gasteiger partial charge in [-0.2, -0.15) is 15.0 Å². The van der Waals surface area contributed by atoms with Crippen LogP contribution in [0.3, 0.4) is 0 Å². The molecule has 8 heteroatoms. The number of hydrogen-bond acceptors (Lipinski definition) is 6. The number of aromatic nitrogens is 3. The molecule has 17 heavy (non-hydrogen) atoms. The summed E-state index contributed by atoms with van der Waals surface area (Å²) < 4.78 is 0. The first kappa shape index (κ1) is 13.4. The molecule has 0 aromatic carbocycles. The minimum absolute atomic E-state index is 0.0702. The highest BCUT2D eigenvalue weighted by atomic mass is 35.5. The van der Waals surface area contributed by atoms with E-state index in [-0.39, 0.29) is 23.7 Å². The molecule has 1 rings (SSSR count). The highest BCUT2D eigenvalue weighted by Gasteiger charge is 2.05. The monoisotopic (exact) mass is 258 g/mol. The van der Waals surface area contributed by atoms with Gasteiger partial charge in [0, 0.05) is 13.6 Å². The fraction of sp³-hybridized carbons (Fsp3) is 0.556. The summed E-state index contributed by atoms with van der Waals surface area (Å²) in [5, 5.41) is 8.31. The first-order chi connectivity index (χ1) is 8.15. The fourth-order valence-corrected chi connectivity index (χ4v) is 1.19. The summed E-state index contributed by atoms with van der Waals surface area (Å²) in [6.07, 6.45) is 0.896. The Morgan fingerprint density at radius 1 is 1.29 bits per heavy atom. The van der Waals surface area contributed by atoms with Gasteiger partial charge < -0.3 is 16.0 Å². The van der Waals surface area contributed by atoms with E-state index in [9.17, 15) is 4.79 Å². The van der Waals surface area contributed by atoms with E-state index in [1.807, 2.05) is 6.92 Å². The molecule has 1 aromatic heterocycles. The number of rotatable bonds is 6. The standard InChI is InChI=1S/C9H15ClN6O/c1-3-4-12-6(17)5-13-9-15-7(10)14-8(11-2)16-9/h3-5H2,1-2H3,(H,12,17)(H2,11,13,14,15,16). The minimum Gasteiger partial charge on any atom is -0.357 e. The Balaban J connectivity index is 2.51. The lowest BCUT2D eigenvalue weighted by molar-refractivity contribution is -0.119. The first-order valence-corrected chi connectivity index (χ1v) is 5.63. The Bertz CT molecular complexity index is 386. The molecule has 0 radical (unpaired) electrons. The molecule has 0 aliphatic carbocycles. The molecule has 3 N–H and O–H groups in total. The van der Waals surface area contributed by atoms with E-state index in [0.717, 1.165) is 6.42 Å². The number of amides is 1. The van der Waals surface area contributed by atoms with Crippen molar-refractivity contribution in [1.82, 2.24) is 20.3 Å². The van der Waals surface area contributed by atoms with Crippen molar-refractivity contribution in [2.75, 3.05) is 30.8 Å². The maximum absolute atomic E-state index is 11.3. The number of carbonyl (C=O) groups excluding carboxylic acids is 1. The van der Waals surface area contributed by atoms with Gasteiger partial charge in [0.1, 0.15) is 0 Å². The lowest BCUT2D eigenvalue weighted by Crippen LogP contribution is -2.30. The topological polar surface area (TPSA) is 91.8 Å². The molecule has 94 valence electrons. The van der Waals surface area contributed by atoms with Crippen molar-refractivity contribution in [2.45, 2.75) is 13.3 Å². The predicted octanol–water partition coefficient (Wildman–Crippen LogP) is 0.505. The Kier molecular flexibility index (Phi) is 5.41. The van der Waals surface area contributed by atoms with Gasteiger partial charge in [0.05, 0.1) is 6.54 Å². The third kappa shape index (κ3) is 4.81. The summed E-state index contributed by atoms with van der Waals surface area (Å²) >= 11 is 5.68. The second-order valence-electron chi connectivity index (χ2n) is 3.21. The van der Waals surface area contributed by atoms with Crippen LogP contribution in [0.1, 0.15) is 13.3 Å². The van der Waals surface area contributed by atoms with Gasteiger partial charge in [-0.1, -0.05) is 6.92 Å². The van der Waals surface area contributed by atoms with Crippen LogP contribution < -0.4 is 16.0 Å². The van der Waals surface area contributed by atoms with Crippen LogP contribution in [-0.4, -0.2) is 41.0 Å². The van der Waals surface area contributed by atoms with E-state index in [1.54, 1.807) is 7.05 Å². The molecule has 1 heterocycles. The summed E-state index contributed by atoms with van der Waals surface area (Å²) in [6, 6.07) is 0. The van der Waals surface area contributed by atoms with Crippen molar-refractivity contribution in [2.24, 2.45) is 0 Å². The summed E-state index contributed by atoms with van der Waals surface area (Å²) in [5.74, 6) is 0.497. The number of nitrogens with one attached hydrogen (secondary N) is 3. The van der Waals surface area contributed by atoms with Gasteiger partial charge in [-0.15, -0.1) is 0 Å². The number of halogens is 1. The van der Waals surface area contributed by atoms with E-state index in [4.69, 9.17) is 11.6 Å². The summed E-state index contributed by atoms with van der Waals surface area (Å²) in [4.78, 5) is 23.0. The Morgan fingerprint density at radius 2 is 2.00 bits per heavy atom. The maximum Gasteiger partial charge on any atom is 0.239 e. The molecule has 1 amide bonds. The van der Waals surface area contributed by atoms with Crippen LogP contribution in [0.2, 0.25) is 5.28 Å². The zero-order valence-electron chi connectivity index (χ0n) is 9.75. The number of anilines is 2. The van der Waals surface area contributed by atoms with Crippen molar-refractivity contribution in [3.8, 4) is 0 Å². The molecule has 0 unspecified atom stereocenters. The Hall–Kier alpha value is -1.63. The molecule has 0 bridgehead atoms. The van der Waals surface area contributed by atoms with Crippen molar-refractivity contribution < 1.29 is 4.79 Å². The molecule has 1 aromatic rings. The number of hydrogen-bond donors (Lipinski definition) is 3. The van der Waals surface area contributed by atoms with Gasteiger partial charge in [0.25, 0.3) is 0 Å². The third-order valence-electron chi connectivity index (χ3n) is 1.81. The summed E-state index contributed by atoms with van der Waals surface area (Å²) in [7, 11) is 1.67. The van der Waals surface area contributed by atoms with E-state index < -0.39 is 0 Å². The molecular formula is C9H15ClN6O. The Labute approximate surface area is 104 Å². The highest BCUT2D eigenvalue weighted by molar-refractivity contribution is 6.28. The van der Waals surface area contributed by atoms with Gasteiger partial charge in [0.2, 0.25) is 23.1 Å². The zero-order chi connectivity index (χ0) is 12.7. The smallest absolute Gasteiger partial charge is 0.239 e. The quantitative estimate of drug-likeness (QED) is 0.688. The van der Waals surface area contributed by atoms with Gasteiger partial charge in [-0.25, -0.2) is 0 Å². The number of carbonyl (C=O) groups is 1. The SMILES string of the molecule is CCCNC(=O)CNc1nc(Cl)nc(NC)n1. The average Bonchev–Trinajstić information content (AvgIpc) is 2.33. The van der Waals surface area contributed by atoms with E-state index in [2.05, 4.69) is 30.9 Å². The molecule has 0 atom stereocenters. The third-order valence-corrected chi connectivity index (χ3v) is 1.98. The van der Waals surface area contributed by atoms with Crippen LogP contribution >= 0.6 is 11.6 Å². The number of nitrogens with zero attached hydrogens (tertiary/aromatic N) is 3. The Morgan fingerprint density at radius 3 is 2.65 bits per heavy atom. The first-order valence-electron chi connectivity index (χ1n) is 5.25. The van der Waals surface area contributed by atoms with Crippen LogP contribution in [0.25, 0.3) is 0 Å². The van der Waals surface area contributed by atoms with E-state index >= 15 is 0 Å². The second-order valence-corrected chi connectivity index (χ2v) is 3.54. The van der Waals surface area contributed by atoms with Crippen molar-refractivity contribution in [1.29, 1.82) is 0 Å². The summed E-state index contributed by atoms with van der Waals surface area (Å²) in [6.45, 7) is 2.74. The van der Waals surface area contributed by atoms with Gasteiger partial charge >= 0.3 is 0 Å². The average molecular weight is 259 g/mol. The van der Waals surface area contributed by atoms with E-state index in [0.29, 0.717) is 12.5 Å². The lowest BCUT2D eigenvalue weighted by Gasteiger charge is -2.06. The van der Waals surface area contributed by atoms with Gasteiger partial charge in [-0.05, 0) is 18.0 Å². The van der Waals surface area contributed by atoms with Gasteiger partial charge in [0.15, 0.2) is 0 Å². The fourth-order valence-electron chi connectivity index (χ4n) is 1.03. The zero-order valence-corrected chi connectivity index (χ0v) is 10.5. The molecule has 0 saturated carbocycles. The molecule has 0 aliphatic rings. The largest absolute Gasteiger partial charge is 0.357 e. The molecule has 7 nitrogen and oxygen atoms in total. The minimum atomic E-state index is -0.116. The highest BCUT2D eigenvalue weighted by Crippen LogP contribution is 2.08. The lowest BCUT2D eigenvalue weighted by atomic mass is 10.4. The van der Waals surface area contributed by atoms with Crippen LogP contribution in [-0.2, 0) is 4.79 Å². The normalized spacial score (nSPS) is 9.82. The van der Waals surface area contributed by atoms with Crippen LogP contribution in [0, 0.1) is 0 Å². The predicted molar refractivity (Wildman–Crippen MR) is 66.2 cm³/mol. The van der Waals surface area contributed by atoms with Gasteiger partial charge in [-0.3, -0.25) is 4.79 Å². The second kappa shape index (κ2) is 6.85. The molecule has 0 fully saturated rings. The van der Waals surface area contributed by atoms with Crippen LogP contribution in [0.15, 0.2) is 0 Å². The van der Waals surface area contributed by atoms with Crippen LogP contribution in [0.4, 0.5) is 11.9 Å². The van der Waals surface area contributed by atoms with E-state index in [1.165, 1.54) is 0 Å². The maximum atomic E-state index is 11.3. The van der Waals surface area contributed by atoms with Crippen LogP contribution in [0.5, 0.6) is 0 Å². The molecule has 0 aliphatic heterocycles. The van der Waals surface area contributed by atoms with Crippen molar-refractivity contribution in [3.05, 3.63) is 5.28 Å². The van der Waals surface area contributed by atoms with Crippen molar-refractivity contribution >= 4 is 29.4 Å².